The fraction of sp³-hybridized carbons (Fsp3) is 0.0556. The minimum Gasteiger partial charge on any atom is -0.384 e. The summed E-state index contributed by atoms with van der Waals surface area (Å²) in [6, 6.07) is 7.60. The molecule has 146 valence electrons. The van der Waals surface area contributed by atoms with Gasteiger partial charge in [-0.15, -0.1) is 23.7 Å². The monoisotopic (exact) mass is 447 g/mol. The zero-order valence-electron chi connectivity index (χ0n) is 14.8. The van der Waals surface area contributed by atoms with Gasteiger partial charge >= 0.3 is 0 Å². The van der Waals surface area contributed by atoms with Gasteiger partial charge in [-0.3, -0.25) is 0 Å². The van der Waals surface area contributed by atoms with E-state index in [0.29, 0.717) is 39.4 Å². The van der Waals surface area contributed by atoms with Gasteiger partial charge in [0, 0.05) is 17.8 Å². The maximum atomic E-state index is 13.6. The summed E-state index contributed by atoms with van der Waals surface area (Å²) in [4.78, 5) is 17.2. The summed E-state index contributed by atoms with van der Waals surface area (Å²) >= 11 is 7.48. The van der Waals surface area contributed by atoms with E-state index in [4.69, 9.17) is 17.3 Å². The topological polar surface area (TPSA) is 113 Å². The molecule has 4 rings (SSSR count). The highest BCUT2D eigenvalue weighted by molar-refractivity contribution is 7.22. The van der Waals surface area contributed by atoms with Crippen LogP contribution in [0.5, 0.6) is 0 Å². The summed E-state index contributed by atoms with van der Waals surface area (Å²) in [6.45, 7) is 1.74. The zero-order valence-corrected chi connectivity index (χ0v) is 17.2. The molecule has 1 aromatic carbocycles. The average molecular weight is 448 g/mol. The molecule has 0 amide bonds. The van der Waals surface area contributed by atoms with Crippen LogP contribution in [0.25, 0.3) is 20.8 Å². The Bertz CT molecular complexity index is 1250. The predicted octanol–water partition coefficient (Wildman–Crippen LogP) is 4.87. The average Bonchev–Trinajstić information content (AvgIpc) is 3.04. The highest BCUT2D eigenvalue weighted by atomic mass is 35.5. The van der Waals surface area contributed by atoms with E-state index in [2.05, 4.69) is 25.3 Å². The van der Waals surface area contributed by atoms with E-state index in [1.165, 1.54) is 11.3 Å². The molecule has 0 spiro atoms. The van der Waals surface area contributed by atoms with E-state index in [0.717, 1.165) is 16.8 Å². The second kappa shape index (κ2) is 8.13. The number of aromatic nitrogens is 4. The number of nitrogens with two attached hydrogens (primary N) is 1. The minimum atomic E-state index is -0.577. The van der Waals surface area contributed by atoms with E-state index in [1.54, 1.807) is 25.3 Å². The lowest BCUT2D eigenvalue weighted by Crippen LogP contribution is -2.01. The maximum Gasteiger partial charge on any atom is 0.151 e. The van der Waals surface area contributed by atoms with Gasteiger partial charge in [-0.1, -0.05) is 11.6 Å². The summed E-state index contributed by atoms with van der Waals surface area (Å²) in [5.74, 6) is 1.31. The number of aryl methyl sites for hydroxylation is 1. The van der Waals surface area contributed by atoms with Gasteiger partial charge in [-0.25, -0.2) is 24.3 Å². The third-order valence-electron chi connectivity index (χ3n) is 3.80. The highest BCUT2D eigenvalue weighted by Crippen LogP contribution is 2.39. The van der Waals surface area contributed by atoms with Crippen molar-refractivity contribution in [1.82, 2.24) is 19.9 Å². The van der Waals surface area contributed by atoms with Crippen molar-refractivity contribution in [2.75, 3.05) is 11.1 Å². The number of thiazole rings is 1. The van der Waals surface area contributed by atoms with E-state index in [1.807, 2.05) is 6.07 Å². The lowest BCUT2D eigenvalue weighted by molar-refractivity contribution is 0.627. The van der Waals surface area contributed by atoms with Gasteiger partial charge in [0.2, 0.25) is 0 Å². The summed E-state index contributed by atoms with van der Waals surface area (Å²) in [6.07, 6.45) is 1.60. The van der Waals surface area contributed by atoms with Crippen LogP contribution in [0, 0.1) is 24.1 Å². The number of fused-ring (bicyclic) bond motifs is 1. The third kappa shape index (κ3) is 4.05. The summed E-state index contributed by atoms with van der Waals surface area (Å²) < 4.78 is 14.3. The second-order valence-electron chi connectivity index (χ2n) is 5.80. The van der Waals surface area contributed by atoms with Gasteiger partial charge in [0.05, 0.1) is 20.8 Å². The van der Waals surface area contributed by atoms with Gasteiger partial charge in [-0.05, 0) is 25.1 Å². The first-order valence-electron chi connectivity index (χ1n) is 7.98. The number of rotatable bonds is 3. The third-order valence-corrected chi connectivity index (χ3v) is 5.19. The van der Waals surface area contributed by atoms with E-state index >= 15 is 0 Å². The molecule has 3 heterocycles. The molecule has 4 aromatic rings. The molecule has 0 saturated heterocycles. The van der Waals surface area contributed by atoms with Gasteiger partial charge in [0.1, 0.15) is 34.4 Å². The molecule has 29 heavy (non-hydrogen) atoms. The van der Waals surface area contributed by atoms with E-state index in [9.17, 15) is 9.65 Å². The Balaban J connectivity index is 0.00000240. The second-order valence-corrected chi connectivity index (χ2v) is 7.21. The van der Waals surface area contributed by atoms with Crippen LogP contribution < -0.4 is 11.1 Å². The van der Waals surface area contributed by atoms with Crippen LogP contribution in [0.3, 0.4) is 0 Å². The van der Waals surface area contributed by atoms with Crippen LogP contribution in [-0.2, 0) is 0 Å². The Morgan fingerprint density at radius 3 is 2.76 bits per heavy atom. The van der Waals surface area contributed by atoms with Crippen LogP contribution in [0.4, 0.5) is 21.8 Å². The molecule has 0 unspecified atom stereocenters. The van der Waals surface area contributed by atoms with Crippen molar-refractivity contribution in [1.29, 1.82) is 5.26 Å². The number of hydrogen-bond acceptors (Lipinski definition) is 8. The predicted molar refractivity (Wildman–Crippen MR) is 114 cm³/mol. The maximum absolute atomic E-state index is 13.6. The molecular weight excluding hydrogens is 436 g/mol. The lowest BCUT2D eigenvalue weighted by Gasteiger charge is -2.06. The van der Waals surface area contributed by atoms with Crippen molar-refractivity contribution in [3.05, 3.63) is 52.7 Å². The first-order valence-corrected chi connectivity index (χ1v) is 9.17. The number of nitrogens with zero attached hydrogens (tertiary/aromatic N) is 5. The summed E-state index contributed by atoms with van der Waals surface area (Å²) in [5, 5.41) is 13.1. The summed E-state index contributed by atoms with van der Waals surface area (Å²) in [7, 11) is 0. The number of nitriles is 1. The van der Waals surface area contributed by atoms with Crippen LogP contribution >= 0.6 is 35.3 Å². The number of halogens is 3. The quantitative estimate of drug-likeness (QED) is 0.460. The Morgan fingerprint density at radius 1 is 1.24 bits per heavy atom. The SMILES string of the molecule is Cc1nc(N)cc(Nc2nccc3nc(-c4c(Cl)cc(F)cc4C#N)sc23)n1.Cl. The van der Waals surface area contributed by atoms with Gasteiger partial charge < -0.3 is 11.1 Å². The van der Waals surface area contributed by atoms with E-state index in [-0.39, 0.29) is 23.0 Å². The van der Waals surface area contributed by atoms with Crippen LogP contribution in [0.1, 0.15) is 11.4 Å². The number of benzene rings is 1. The number of pyridine rings is 1. The molecular formula is C18H12Cl2FN7S. The molecule has 0 bridgehead atoms. The fourth-order valence-electron chi connectivity index (χ4n) is 2.71. The molecule has 11 heteroatoms. The van der Waals surface area contributed by atoms with Crippen molar-refractivity contribution in [3.63, 3.8) is 0 Å². The smallest absolute Gasteiger partial charge is 0.151 e. The molecule has 0 saturated carbocycles. The number of hydrogen-bond donors (Lipinski definition) is 2. The largest absolute Gasteiger partial charge is 0.384 e. The Morgan fingerprint density at radius 2 is 2.03 bits per heavy atom. The van der Waals surface area contributed by atoms with Crippen LogP contribution in [0.2, 0.25) is 5.02 Å². The standard InChI is InChI=1S/C18H11ClFN7S.ClH/c1-8-24-13(22)6-14(25-8)27-17-16-12(2-3-23-17)26-18(28-16)15-9(7-21)4-10(20)5-11(15)19;/h2-6H,1H3,(H3,22,23,24,25,27);1H. The van der Waals surface area contributed by atoms with Crippen molar-refractivity contribution in [3.8, 4) is 16.6 Å². The first-order chi connectivity index (χ1) is 13.4. The Labute approximate surface area is 179 Å². The lowest BCUT2D eigenvalue weighted by atomic mass is 10.1. The molecule has 3 N–H and O–H groups in total. The Kier molecular flexibility index (Phi) is 5.79. The Hall–Kier alpha value is -3.06. The molecule has 0 fully saturated rings. The molecule has 0 radical (unpaired) electrons. The molecule has 0 aliphatic heterocycles. The van der Waals surface area contributed by atoms with Crippen molar-refractivity contribution in [2.45, 2.75) is 6.92 Å². The number of nitrogen functional groups attached to an aromatic ring is 1. The number of anilines is 3. The minimum absolute atomic E-state index is 0. The van der Waals surface area contributed by atoms with Crippen molar-refractivity contribution >= 4 is 63.0 Å². The van der Waals surface area contributed by atoms with E-state index < -0.39 is 5.82 Å². The molecule has 7 nitrogen and oxygen atoms in total. The van der Waals surface area contributed by atoms with Crippen molar-refractivity contribution in [2.24, 2.45) is 0 Å². The summed E-state index contributed by atoms with van der Waals surface area (Å²) in [5.41, 5.74) is 6.93. The van der Waals surface area contributed by atoms with Gasteiger partial charge in [-0.2, -0.15) is 5.26 Å². The molecule has 0 atom stereocenters. The zero-order chi connectivity index (χ0) is 19.8. The normalized spacial score (nSPS) is 10.4. The molecule has 3 aromatic heterocycles. The van der Waals surface area contributed by atoms with Gasteiger partial charge in [0.15, 0.2) is 5.82 Å². The van der Waals surface area contributed by atoms with Crippen molar-refractivity contribution < 1.29 is 4.39 Å². The number of nitrogens with one attached hydrogen (secondary N) is 1. The fourth-order valence-corrected chi connectivity index (χ4v) is 4.14. The van der Waals surface area contributed by atoms with Crippen LogP contribution in [-0.4, -0.2) is 19.9 Å². The molecule has 0 aliphatic rings. The first kappa shape index (κ1) is 20.7. The van der Waals surface area contributed by atoms with Crippen LogP contribution in [0.15, 0.2) is 30.5 Å². The highest BCUT2D eigenvalue weighted by Gasteiger charge is 2.18. The molecule has 0 aliphatic carbocycles. The van der Waals surface area contributed by atoms with Gasteiger partial charge in [0.25, 0.3) is 0 Å².